The van der Waals surface area contributed by atoms with Crippen molar-refractivity contribution in [2.45, 2.75) is 51.6 Å². The summed E-state index contributed by atoms with van der Waals surface area (Å²) < 4.78 is 35.5. The lowest BCUT2D eigenvalue weighted by molar-refractivity contribution is -0.0328. The molecular weight excluding hydrogens is 235 g/mol. The van der Waals surface area contributed by atoms with Gasteiger partial charge in [0.05, 0.1) is 0 Å². The van der Waals surface area contributed by atoms with E-state index in [9.17, 15) is 13.2 Å². The third-order valence-corrected chi connectivity index (χ3v) is 3.37. The average Bonchev–Trinajstić information content (AvgIpc) is 2.07. The van der Waals surface area contributed by atoms with Crippen molar-refractivity contribution in [3.63, 3.8) is 0 Å². The van der Waals surface area contributed by atoms with Gasteiger partial charge >= 0.3 is 5.51 Å². The van der Waals surface area contributed by atoms with Crippen molar-refractivity contribution >= 4 is 11.8 Å². The zero-order valence-electron chi connectivity index (χ0n) is 10.4. The molecule has 0 aliphatic rings. The smallest absolute Gasteiger partial charge is 0.316 e. The average molecular weight is 257 g/mol. The normalized spacial score (nSPS) is 15.2. The highest BCUT2D eigenvalue weighted by atomic mass is 32.2. The van der Waals surface area contributed by atoms with Crippen LogP contribution < -0.4 is 5.32 Å². The predicted octanol–water partition coefficient (Wildman–Crippen LogP) is 4.04. The van der Waals surface area contributed by atoms with Crippen LogP contribution in [0, 0.1) is 5.41 Å². The number of thioether (sulfide) groups is 1. The summed E-state index contributed by atoms with van der Waals surface area (Å²) in [6.45, 7) is 6.41. The van der Waals surface area contributed by atoms with E-state index < -0.39 is 5.51 Å². The second-order valence-electron chi connectivity index (χ2n) is 5.00. The van der Waals surface area contributed by atoms with Gasteiger partial charge in [0.2, 0.25) is 0 Å². The maximum Gasteiger partial charge on any atom is 0.441 e. The summed E-state index contributed by atoms with van der Waals surface area (Å²) in [5.74, 6) is 0.171. The second-order valence-corrected chi connectivity index (χ2v) is 6.16. The van der Waals surface area contributed by atoms with Crippen LogP contribution in [0.15, 0.2) is 0 Å². The minimum absolute atomic E-state index is 0.0799. The summed E-state index contributed by atoms with van der Waals surface area (Å²) in [6.07, 6.45) is 2.39. The number of halogens is 3. The summed E-state index contributed by atoms with van der Waals surface area (Å²) in [6, 6.07) is 0.364. The van der Waals surface area contributed by atoms with Gasteiger partial charge in [-0.05, 0) is 25.3 Å². The minimum Gasteiger partial charge on any atom is -0.316 e. The van der Waals surface area contributed by atoms with Crippen LogP contribution in [-0.2, 0) is 0 Å². The Labute approximate surface area is 101 Å². The summed E-state index contributed by atoms with van der Waals surface area (Å²) in [4.78, 5) is 0. The van der Waals surface area contributed by atoms with Gasteiger partial charge in [-0.2, -0.15) is 13.2 Å². The molecule has 0 amide bonds. The van der Waals surface area contributed by atoms with E-state index in [-0.39, 0.29) is 22.9 Å². The van der Waals surface area contributed by atoms with Crippen LogP contribution in [0.4, 0.5) is 13.2 Å². The topological polar surface area (TPSA) is 12.0 Å². The highest BCUT2D eigenvalue weighted by Crippen LogP contribution is 2.31. The zero-order chi connectivity index (χ0) is 12.8. The minimum atomic E-state index is -4.08. The van der Waals surface area contributed by atoms with E-state index in [1.807, 2.05) is 7.05 Å². The third-order valence-electron chi connectivity index (χ3n) is 2.55. The monoisotopic (exact) mass is 257 g/mol. The molecule has 1 N–H and O–H groups in total. The summed E-state index contributed by atoms with van der Waals surface area (Å²) in [5.41, 5.74) is -3.92. The summed E-state index contributed by atoms with van der Waals surface area (Å²) in [5, 5.41) is 3.22. The van der Waals surface area contributed by atoms with Crippen LogP contribution in [-0.4, -0.2) is 24.4 Å². The Morgan fingerprint density at radius 1 is 1.12 bits per heavy atom. The number of hydrogen-bond acceptors (Lipinski definition) is 2. The molecule has 1 unspecified atom stereocenters. The lowest BCUT2D eigenvalue weighted by atomic mass is 9.84. The van der Waals surface area contributed by atoms with E-state index in [0.717, 1.165) is 12.8 Å². The van der Waals surface area contributed by atoms with Gasteiger partial charge in [0.25, 0.3) is 0 Å². The molecule has 5 heteroatoms. The number of hydrogen-bond donors (Lipinski definition) is 1. The van der Waals surface area contributed by atoms with Gasteiger partial charge in [0.15, 0.2) is 0 Å². The van der Waals surface area contributed by atoms with Gasteiger partial charge in [-0.25, -0.2) is 0 Å². The van der Waals surface area contributed by atoms with Gasteiger partial charge in [0.1, 0.15) is 0 Å². The first kappa shape index (κ1) is 16.1. The fraction of sp³-hybridized carbons (Fsp3) is 1.00. The Morgan fingerprint density at radius 3 is 2.06 bits per heavy atom. The van der Waals surface area contributed by atoms with Gasteiger partial charge in [-0.3, -0.25) is 0 Å². The maximum atomic E-state index is 11.8. The molecule has 0 heterocycles. The van der Waals surface area contributed by atoms with Gasteiger partial charge in [0, 0.05) is 11.8 Å². The third kappa shape index (κ3) is 8.28. The second kappa shape index (κ2) is 6.74. The SMILES string of the molecule is CNC(CCCCSC(F)(F)F)C(C)(C)C. The molecule has 16 heavy (non-hydrogen) atoms. The van der Waals surface area contributed by atoms with Crippen LogP contribution in [0.3, 0.4) is 0 Å². The Bertz CT molecular complexity index is 187. The largest absolute Gasteiger partial charge is 0.441 e. The molecule has 0 saturated carbocycles. The van der Waals surface area contributed by atoms with Crippen molar-refractivity contribution in [3.8, 4) is 0 Å². The Kier molecular flexibility index (Phi) is 6.79. The molecule has 0 rings (SSSR count). The van der Waals surface area contributed by atoms with Crippen molar-refractivity contribution in [1.29, 1.82) is 0 Å². The fourth-order valence-electron chi connectivity index (χ4n) is 1.65. The number of rotatable bonds is 6. The Balaban J connectivity index is 3.65. The van der Waals surface area contributed by atoms with E-state index in [1.165, 1.54) is 0 Å². The molecule has 0 radical (unpaired) electrons. The fourth-order valence-corrected chi connectivity index (χ4v) is 2.23. The van der Waals surface area contributed by atoms with Crippen molar-refractivity contribution in [1.82, 2.24) is 5.32 Å². The molecule has 0 aromatic rings. The maximum absolute atomic E-state index is 11.8. The van der Waals surface area contributed by atoms with Crippen LogP contribution in [0.2, 0.25) is 0 Å². The first-order chi connectivity index (χ1) is 7.17. The van der Waals surface area contributed by atoms with Crippen molar-refractivity contribution in [2.24, 2.45) is 5.41 Å². The van der Waals surface area contributed by atoms with E-state index in [0.29, 0.717) is 12.5 Å². The zero-order valence-corrected chi connectivity index (χ0v) is 11.3. The lowest BCUT2D eigenvalue weighted by Crippen LogP contribution is -2.37. The van der Waals surface area contributed by atoms with Crippen molar-refractivity contribution in [2.75, 3.05) is 12.8 Å². The molecule has 1 atom stereocenters. The molecule has 0 bridgehead atoms. The van der Waals surface area contributed by atoms with Gasteiger partial charge < -0.3 is 5.32 Å². The molecule has 1 nitrogen and oxygen atoms in total. The predicted molar refractivity (Wildman–Crippen MR) is 64.7 cm³/mol. The van der Waals surface area contributed by atoms with Crippen LogP contribution in [0.25, 0.3) is 0 Å². The molecule has 0 spiro atoms. The Morgan fingerprint density at radius 2 is 1.69 bits per heavy atom. The number of nitrogens with one attached hydrogen (secondary N) is 1. The van der Waals surface area contributed by atoms with E-state index >= 15 is 0 Å². The van der Waals surface area contributed by atoms with Crippen LogP contribution in [0.5, 0.6) is 0 Å². The molecule has 98 valence electrons. The molecule has 0 aromatic carbocycles. The van der Waals surface area contributed by atoms with Crippen LogP contribution in [0.1, 0.15) is 40.0 Å². The van der Waals surface area contributed by atoms with Crippen LogP contribution >= 0.6 is 11.8 Å². The first-order valence-corrected chi connectivity index (χ1v) is 6.53. The van der Waals surface area contributed by atoms with Gasteiger partial charge in [-0.1, -0.05) is 39.0 Å². The van der Waals surface area contributed by atoms with Crippen molar-refractivity contribution < 1.29 is 13.2 Å². The summed E-state index contributed by atoms with van der Waals surface area (Å²) in [7, 11) is 1.90. The molecule has 0 saturated heterocycles. The molecule has 0 fully saturated rings. The van der Waals surface area contributed by atoms with E-state index in [4.69, 9.17) is 0 Å². The highest BCUT2D eigenvalue weighted by molar-refractivity contribution is 8.00. The molecule has 0 aliphatic heterocycles. The molecule has 0 aliphatic carbocycles. The molecule has 0 aromatic heterocycles. The van der Waals surface area contributed by atoms with Crippen molar-refractivity contribution in [3.05, 3.63) is 0 Å². The lowest BCUT2D eigenvalue weighted by Gasteiger charge is -2.30. The number of unbranched alkanes of at least 4 members (excludes halogenated alkanes) is 1. The summed E-state index contributed by atoms with van der Waals surface area (Å²) >= 11 is 0.0799. The van der Waals surface area contributed by atoms with E-state index in [1.54, 1.807) is 0 Å². The number of alkyl halides is 3. The van der Waals surface area contributed by atoms with E-state index in [2.05, 4.69) is 26.1 Å². The first-order valence-electron chi connectivity index (χ1n) is 5.55. The standard InChI is InChI=1S/C11H22F3NS/c1-10(2,3)9(15-4)7-5-6-8-16-11(12,13)14/h9,15H,5-8H2,1-4H3. The van der Waals surface area contributed by atoms with Gasteiger partial charge in [-0.15, -0.1) is 0 Å². The Hall–Kier alpha value is 0.100. The quantitative estimate of drug-likeness (QED) is 0.721. The highest BCUT2D eigenvalue weighted by Gasteiger charge is 2.27. The molecular formula is C11H22F3NS.